The van der Waals surface area contributed by atoms with Gasteiger partial charge in [0.1, 0.15) is 5.75 Å². The molecular formula is C14H18F2N2O2. The molecule has 1 atom stereocenters. The lowest BCUT2D eigenvalue weighted by Gasteiger charge is -2.17. The first-order chi connectivity index (χ1) is 9.66. The van der Waals surface area contributed by atoms with Gasteiger partial charge in [0.25, 0.3) is 5.91 Å². The molecule has 0 saturated carbocycles. The molecule has 1 saturated heterocycles. The zero-order valence-corrected chi connectivity index (χ0v) is 11.1. The van der Waals surface area contributed by atoms with Crippen LogP contribution in [0.4, 0.5) is 8.78 Å². The number of carbonyl (C=O) groups is 1. The lowest BCUT2D eigenvalue weighted by molar-refractivity contribution is -0.0501. The Hall–Kier alpha value is -1.69. The van der Waals surface area contributed by atoms with Crippen LogP contribution in [0.25, 0.3) is 0 Å². The van der Waals surface area contributed by atoms with E-state index in [-0.39, 0.29) is 23.3 Å². The molecule has 1 aliphatic heterocycles. The van der Waals surface area contributed by atoms with E-state index in [0.29, 0.717) is 6.54 Å². The molecule has 0 spiro atoms. The summed E-state index contributed by atoms with van der Waals surface area (Å²) in [6, 6.07) is 6.05. The molecule has 110 valence electrons. The van der Waals surface area contributed by atoms with Gasteiger partial charge in [0, 0.05) is 12.6 Å². The van der Waals surface area contributed by atoms with Crippen LogP contribution in [0.3, 0.4) is 0 Å². The molecule has 0 radical (unpaired) electrons. The molecule has 1 aliphatic rings. The number of para-hydroxylation sites is 1. The summed E-state index contributed by atoms with van der Waals surface area (Å²) in [5, 5.41) is 6.10. The van der Waals surface area contributed by atoms with Crippen LogP contribution < -0.4 is 15.4 Å². The molecule has 0 bridgehead atoms. The SMILES string of the molecule is O=C(NC1CCCCNC1)c1ccccc1OC(F)F. The maximum Gasteiger partial charge on any atom is 0.387 e. The van der Waals surface area contributed by atoms with Crippen molar-refractivity contribution in [2.24, 2.45) is 0 Å². The largest absolute Gasteiger partial charge is 0.434 e. The molecular weight excluding hydrogens is 266 g/mol. The summed E-state index contributed by atoms with van der Waals surface area (Å²) in [6.45, 7) is -1.30. The average Bonchev–Trinajstić information content (AvgIpc) is 2.67. The third-order valence-corrected chi connectivity index (χ3v) is 3.23. The lowest BCUT2D eigenvalue weighted by Crippen LogP contribution is -2.41. The fourth-order valence-corrected chi connectivity index (χ4v) is 2.26. The van der Waals surface area contributed by atoms with E-state index in [4.69, 9.17) is 0 Å². The number of alkyl halides is 2. The van der Waals surface area contributed by atoms with E-state index in [2.05, 4.69) is 15.4 Å². The summed E-state index contributed by atoms with van der Waals surface area (Å²) in [4.78, 5) is 12.2. The highest BCUT2D eigenvalue weighted by atomic mass is 19.3. The standard InChI is InChI=1S/C14H18F2N2O2/c15-14(16)20-12-7-2-1-6-11(12)13(19)18-10-5-3-4-8-17-9-10/h1-2,6-7,10,14,17H,3-5,8-9H2,(H,18,19). The van der Waals surface area contributed by atoms with Crippen LogP contribution in [0.5, 0.6) is 5.75 Å². The molecule has 20 heavy (non-hydrogen) atoms. The first-order valence-corrected chi connectivity index (χ1v) is 6.72. The Bertz CT molecular complexity index is 447. The number of nitrogens with one attached hydrogen (secondary N) is 2. The number of rotatable bonds is 4. The van der Waals surface area contributed by atoms with Crippen LogP contribution in [0, 0.1) is 0 Å². The smallest absolute Gasteiger partial charge is 0.387 e. The van der Waals surface area contributed by atoms with Gasteiger partial charge < -0.3 is 15.4 Å². The van der Waals surface area contributed by atoms with Gasteiger partial charge in [-0.1, -0.05) is 18.6 Å². The fourth-order valence-electron chi connectivity index (χ4n) is 2.26. The molecule has 0 aromatic heterocycles. The van der Waals surface area contributed by atoms with Gasteiger partial charge >= 0.3 is 6.61 Å². The Kier molecular flexibility index (Phi) is 5.29. The molecule has 0 aliphatic carbocycles. The van der Waals surface area contributed by atoms with Gasteiger partial charge in [-0.05, 0) is 31.5 Å². The summed E-state index contributed by atoms with van der Waals surface area (Å²) in [5.41, 5.74) is 0.136. The van der Waals surface area contributed by atoms with E-state index in [1.54, 1.807) is 12.1 Å². The second-order valence-electron chi connectivity index (χ2n) is 4.74. The first-order valence-electron chi connectivity index (χ1n) is 6.72. The Morgan fingerprint density at radius 3 is 2.95 bits per heavy atom. The highest BCUT2D eigenvalue weighted by Crippen LogP contribution is 2.20. The van der Waals surface area contributed by atoms with Gasteiger partial charge in [0.05, 0.1) is 5.56 Å². The summed E-state index contributed by atoms with van der Waals surface area (Å²) < 4.78 is 29.0. The zero-order valence-electron chi connectivity index (χ0n) is 11.1. The van der Waals surface area contributed by atoms with Crippen molar-refractivity contribution < 1.29 is 18.3 Å². The van der Waals surface area contributed by atoms with Crippen molar-refractivity contribution in [3.63, 3.8) is 0 Å². The van der Waals surface area contributed by atoms with Gasteiger partial charge in [-0.15, -0.1) is 0 Å². The van der Waals surface area contributed by atoms with E-state index >= 15 is 0 Å². The van der Waals surface area contributed by atoms with Gasteiger partial charge in [-0.3, -0.25) is 4.79 Å². The minimum atomic E-state index is -2.94. The molecule has 2 rings (SSSR count). The first kappa shape index (κ1) is 14.7. The maximum absolute atomic E-state index is 12.3. The van der Waals surface area contributed by atoms with E-state index in [1.165, 1.54) is 12.1 Å². The van der Waals surface area contributed by atoms with Crippen molar-refractivity contribution in [1.82, 2.24) is 10.6 Å². The van der Waals surface area contributed by atoms with Crippen molar-refractivity contribution in [2.45, 2.75) is 31.9 Å². The molecule has 1 aromatic carbocycles. The third-order valence-electron chi connectivity index (χ3n) is 3.23. The molecule has 1 fully saturated rings. The van der Waals surface area contributed by atoms with Crippen molar-refractivity contribution in [3.8, 4) is 5.75 Å². The number of benzene rings is 1. The summed E-state index contributed by atoms with van der Waals surface area (Å²) in [5.74, 6) is -0.475. The number of amides is 1. The van der Waals surface area contributed by atoms with Crippen LogP contribution in [-0.4, -0.2) is 31.7 Å². The van der Waals surface area contributed by atoms with Gasteiger partial charge in [0.15, 0.2) is 0 Å². The normalized spacial score (nSPS) is 19.4. The van der Waals surface area contributed by atoms with Gasteiger partial charge in [-0.25, -0.2) is 0 Å². The quantitative estimate of drug-likeness (QED) is 0.891. The van der Waals surface area contributed by atoms with Crippen molar-refractivity contribution in [2.75, 3.05) is 13.1 Å². The number of carbonyl (C=O) groups excluding carboxylic acids is 1. The van der Waals surface area contributed by atoms with Crippen LogP contribution in [0.15, 0.2) is 24.3 Å². The van der Waals surface area contributed by atoms with Crippen LogP contribution in [0.1, 0.15) is 29.6 Å². The summed E-state index contributed by atoms with van der Waals surface area (Å²) in [6.07, 6.45) is 3.00. The third kappa shape index (κ3) is 4.16. The second kappa shape index (κ2) is 7.19. The van der Waals surface area contributed by atoms with Gasteiger partial charge in [0.2, 0.25) is 0 Å². The highest BCUT2D eigenvalue weighted by Gasteiger charge is 2.19. The Morgan fingerprint density at radius 2 is 2.15 bits per heavy atom. The van der Waals surface area contributed by atoms with E-state index in [1.807, 2.05) is 0 Å². The number of halogens is 2. The Balaban J connectivity index is 2.04. The molecule has 1 amide bonds. The van der Waals surface area contributed by atoms with Crippen LogP contribution in [0.2, 0.25) is 0 Å². The van der Waals surface area contributed by atoms with Gasteiger partial charge in [-0.2, -0.15) is 8.78 Å². The predicted octanol–water partition coefficient (Wildman–Crippen LogP) is 2.16. The van der Waals surface area contributed by atoms with Crippen molar-refractivity contribution in [3.05, 3.63) is 29.8 Å². The van der Waals surface area contributed by atoms with E-state index in [0.717, 1.165) is 25.8 Å². The van der Waals surface area contributed by atoms with Crippen molar-refractivity contribution in [1.29, 1.82) is 0 Å². The molecule has 1 unspecified atom stereocenters. The highest BCUT2D eigenvalue weighted by molar-refractivity contribution is 5.97. The van der Waals surface area contributed by atoms with Crippen molar-refractivity contribution >= 4 is 5.91 Å². The minimum absolute atomic E-state index is 0.0182. The Morgan fingerprint density at radius 1 is 1.35 bits per heavy atom. The minimum Gasteiger partial charge on any atom is -0.434 e. The van der Waals surface area contributed by atoms with Crippen LogP contribution >= 0.6 is 0 Å². The molecule has 1 heterocycles. The predicted molar refractivity (Wildman–Crippen MR) is 71.0 cm³/mol. The number of ether oxygens (including phenoxy) is 1. The van der Waals surface area contributed by atoms with E-state index in [9.17, 15) is 13.6 Å². The summed E-state index contributed by atoms with van der Waals surface area (Å²) in [7, 11) is 0. The number of hydrogen-bond acceptors (Lipinski definition) is 3. The molecule has 2 N–H and O–H groups in total. The van der Waals surface area contributed by atoms with Crippen LogP contribution in [-0.2, 0) is 0 Å². The summed E-state index contributed by atoms with van der Waals surface area (Å²) >= 11 is 0. The molecule has 1 aromatic rings. The maximum atomic E-state index is 12.3. The zero-order chi connectivity index (χ0) is 14.4. The topological polar surface area (TPSA) is 50.4 Å². The average molecular weight is 284 g/mol. The molecule has 6 heteroatoms. The van der Waals surface area contributed by atoms with E-state index < -0.39 is 6.61 Å². The second-order valence-corrected chi connectivity index (χ2v) is 4.74. The molecule has 4 nitrogen and oxygen atoms in total. The lowest BCUT2D eigenvalue weighted by atomic mass is 10.1. The fraction of sp³-hybridized carbons (Fsp3) is 0.500. The number of hydrogen-bond donors (Lipinski definition) is 2. The Labute approximate surface area is 116 Å². The monoisotopic (exact) mass is 284 g/mol.